The Morgan fingerprint density at radius 2 is 2.06 bits per heavy atom. The number of aliphatic imine (C=N–C) groups is 1. The van der Waals surface area contributed by atoms with Crippen molar-refractivity contribution in [2.24, 2.45) is 10.7 Å². The minimum atomic E-state index is -0.856. The zero-order valence-corrected chi connectivity index (χ0v) is 11.2. The van der Waals surface area contributed by atoms with Crippen LogP contribution in [0.3, 0.4) is 0 Å². The predicted octanol–water partition coefficient (Wildman–Crippen LogP) is 2.09. The van der Waals surface area contributed by atoms with Crippen LogP contribution < -0.4 is 11.1 Å². The number of nitrogens with zero attached hydrogens (tertiary/aromatic N) is 1. The zero-order chi connectivity index (χ0) is 13.1. The summed E-state index contributed by atoms with van der Waals surface area (Å²) in [6.45, 7) is 0.134. The number of benzene rings is 1. The Morgan fingerprint density at radius 3 is 2.61 bits per heavy atom. The Kier molecular flexibility index (Phi) is 4.32. The first-order valence-electron chi connectivity index (χ1n) is 5.76. The number of hydrogen-bond donors (Lipinski definition) is 3. The second kappa shape index (κ2) is 5.78. The van der Waals surface area contributed by atoms with Crippen LogP contribution in [0.15, 0.2) is 23.2 Å². The number of aliphatic hydroxyl groups excluding tert-OH is 1. The highest BCUT2D eigenvalue weighted by atomic mass is 35.5. The molecule has 1 aromatic carbocycles. The quantitative estimate of drug-likeness (QED) is 0.587. The molecule has 1 aliphatic carbocycles. The van der Waals surface area contributed by atoms with Crippen molar-refractivity contribution in [3.05, 3.63) is 33.8 Å². The minimum Gasteiger partial charge on any atom is -0.386 e. The van der Waals surface area contributed by atoms with E-state index in [1.54, 1.807) is 18.2 Å². The largest absolute Gasteiger partial charge is 0.386 e. The lowest BCUT2D eigenvalue weighted by atomic mass is 10.1. The molecule has 2 rings (SSSR count). The molecule has 4 N–H and O–H groups in total. The summed E-state index contributed by atoms with van der Waals surface area (Å²) in [5.74, 6) is 0.347. The topological polar surface area (TPSA) is 70.6 Å². The molecule has 0 bridgehead atoms. The summed E-state index contributed by atoms with van der Waals surface area (Å²) in [5, 5.41) is 13.9. The highest BCUT2D eigenvalue weighted by Crippen LogP contribution is 2.30. The van der Waals surface area contributed by atoms with E-state index in [4.69, 9.17) is 28.9 Å². The fourth-order valence-electron chi connectivity index (χ4n) is 1.59. The van der Waals surface area contributed by atoms with Crippen molar-refractivity contribution in [3.8, 4) is 0 Å². The molecule has 6 heteroatoms. The minimum absolute atomic E-state index is 0.134. The molecule has 1 aromatic rings. The van der Waals surface area contributed by atoms with Gasteiger partial charge in [-0.25, -0.2) is 0 Å². The summed E-state index contributed by atoms with van der Waals surface area (Å²) in [6.07, 6.45) is 1.38. The van der Waals surface area contributed by atoms with Crippen LogP contribution >= 0.6 is 23.2 Å². The van der Waals surface area contributed by atoms with Gasteiger partial charge in [0.15, 0.2) is 5.96 Å². The number of hydrogen-bond acceptors (Lipinski definition) is 2. The van der Waals surface area contributed by atoms with Crippen LogP contribution in [0, 0.1) is 0 Å². The average molecular weight is 288 g/mol. The number of halogens is 2. The first-order chi connectivity index (χ1) is 8.58. The molecule has 4 nitrogen and oxygen atoms in total. The van der Waals surface area contributed by atoms with Crippen LogP contribution in [0.25, 0.3) is 0 Å². The molecule has 0 amide bonds. The van der Waals surface area contributed by atoms with Gasteiger partial charge in [0.2, 0.25) is 0 Å². The van der Waals surface area contributed by atoms with E-state index in [9.17, 15) is 5.11 Å². The van der Waals surface area contributed by atoms with E-state index in [1.807, 2.05) is 0 Å². The van der Waals surface area contributed by atoms with Gasteiger partial charge < -0.3 is 16.2 Å². The predicted molar refractivity (Wildman–Crippen MR) is 74.1 cm³/mol. The number of guanidine groups is 1. The molecule has 1 saturated carbocycles. The first kappa shape index (κ1) is 13.5. The number of nitrogens with two attached hydrogens (primary N) is 1. The van der Waals surface area contributed by atoms with Gasteiger partial charge in [-0.3, -0.25) is 4.99 Å². The van der Waals surface area contributed by atoms with E-state index in [0.717, 1.165) is 12.8 Å². The van der Waals surface area contributed by atoms with Crippen LogP contribution in [0.2, 0.25) is 10.0 Å². The smallest absolute Gasteiger partial charge is 0.188 e. The van der Waals surface area contributed by atoms with Gasteiger partial charge in [0.25, 0.3) is 0 Å². The molecule has 0 aromatic heterocycles. The fraction of sp³-hybridized carbons (Fsp3) is 0.417. The van der Waals surface area contributed by atoms with Gasteiger partial charge in [-0.2, -0.15) is 0 Å². The number of nitrogens with one attached hydrogen (secondary N) is 1. The fourth-order valence-corrected chi connectivity index (χ4v) is 2.24. The van der Waals surface area contributed by atoms with Gasteiger partial charge in [0.1, 0.15) is 6.10 Å². The summed E-state index contributed by atoms with van der Waals surface area (Å²) in [7, 11) is 0. The van der Waals surface area contributed by atoms with E-state index >= 15 is 0 Å². The van der Waals surface area contributed by atoms with Gasteiger partial charge in [-0.1, -0.05) is 29.3 Å². The van der Waals surface area contributed by atoms with Gasteiger partial charge >= 0.3 is 0 Å². The van der Waals surface area contributed by atoms with Crippen molar-refractivity contribution in [2.75, 3.05) is 6.54 Å². The Hall–Kier alpha value is -0.970. The van der Waals surface area contributed by atoms with Crippen molar-refractivity contribution in [2.45, 2.75) is 25.0 Å². The van der Waals surface area contributed by atoms with Gasteiger partial charge in [0.05, 0.1) is 6.54 Å². The second-order valence-corrected chi connectivity index (χ2v) is 5.11. The molecule has 98 valence electrons. The number of aliphatic hydroxyl groups is 1. The summed E-state index contributed by atoms with van der Waals surface area (Å²) in [5.41, 5.74) is 6.17. The molecular weight excluding hydrogens is 273 g/mol. The molecule has 0 radical (unpaired) electrons. The summed E-state index contributed by atoms with van der Waals surface area (Å²) in [4.78, 5) is 4.08. The van der Waals surface area contributed by atoms with Crippen molar-refractivity contribution in [3.63, 3.8) is 0 Å². The molecule has 1 aliphatic rings. The van der Waals surface area contributed by atoms with Gasteiger partial charge in [-0.15, -0.1) is 0 Å². The van der Waals surface area contributed by atoms with Crippen LogP contribution in [-0.4, -0.2) is 23.7 Å². The molecule has 1 fully saturated rings. The summed E-state index contributed by atoms with van der Waals surface area (Å²) in [6, 6.07) is 5.53. The molecule has 0 heterocycles. The summed E-state index contributed by atoms with van der Waals surface area (Å²) >= 11 is 12.0. The molecule has 0 saturated heterocycles. The maximum absolute atomic E-state index is 10.0. The van der Waals surface area contributed by atoms with Crippen LogP contribution in [-0.2, 0) is 0 Å². The Bertz CT molecular complexity index is 440. The van der Waals surface area contributed by atoms with Gasteiger partial charge in [-0.05, 0) is 25.0 Å². The van der Waals surface area contributed by atoms with Crippen LogP contribution in [0.4, 0.5) is 0 Å². The van der Waals surface area contributed by atoms with E-state index in [0.29, 0.717) is 27.6 Å². The third kappa shape index (κ3) is 3.51. The molecule has 0 spiro atoms. The van der Waals surface area contributed by atoms with E-state index in [1.165, 1.54) is 0 Å². The van der Waals surface area contributed by atoms with Crippen molar-refractivity contribution in [1.29, 1.82) is 0 Å². The third-order valence-electron chi connectivity index (χ3n) is 2.70. The highest BCUT2D eigenvalue weighted by molar-refractivity contribution is 6.36. The lowest BCUT2D eigenvalue weighted by Crippen LogP contribution is -2.33. The lowest BCUT2D eigenvalue weighted by molar-refractivity contribution is 0.187. The average Bonchev–Trinajstić information content (AvgIpc) is 3.10. The molecule has 1 atom stereocenters. The van der Waals surface area contributed by atoms with Crippen molar-refractivity contribution in [1.82, 2.24) is 5.32 Å². The van der Waals surface area contributed by atoms with E-state index in [-0.39, 0.29) is 6.54 Å². The number of rotatable bonds is 4. The lowest BCUT2D eigenvalue weighted by Gasteiger charge is -2.12. The Morgan fingerprint density at radius 1 is 1.44 bits per heavy atom. The normalized spacial score (nSPS) is 17.6. The molecule has 1 unspecified atom stereocenters. The first-order valence-corrected chi connectivity index (χ1v) is 6.52. The second-order valence-electron chi connectivity index (χ2n) is 4.30. The summed E-state index contributed by atoms with van der Waals surface area (Å²) < 4.78 is 0. The van der Waals surface area contributed by atoms with Crippen molar-refractivity contribution < 1.29 is 5.11 Å². The van der Waals surface area contributed by atoms with Crippen molar-refractivity contribution >= 4 is 29.2 Å². The zero-order valence-electron chi connectivity index (χ0n) is 9.74. The van der Waals surface area contributed by atoms with Gasteiger partial charge in [0, 0.05) is 21.7 Å². The maximum atomic E-state index is 10.0. The molecule has 0 aliphatic heterocycles. The highest BCUT2D eigenvalue weighted by Gasteiger charge is 2.21. The Labute approximate surface area is 116 Å². The standard InChI is InChI=1S/C12H15Cl2N3O/c13-8-2-1-3-9(14)11(8)10(18)6-16-12(15)17-7-4-5-7/h1-3,7,10,18H,4-6H2,(H3,15,16,17). The Balaban J connectivity index is 2.00. The third-order valence-corrected chi connectivity index (χ3v) is 3.36. The van der Waals surface area contributed by atoms with Crippen LogP contribution in [0.1, 0.15) is 24.5 Å². The van der Waals surface area contributed by atoms with Crippen LogP contribution in [0.5, 0.6) is 0 Å². The SMILES string of the molecule is NC(=NCC(O)c1c(Cl)cccc1Cl)NC1CC1. The van der Waals surface area contributed by atoms with E-state index < -0.39 is 6.10 Å². The molecule has 18 heavy (non-hydrogen) atoms. The van der Waals surface area contributed by atoms with E-state index in [2.05, 4.69) is 10.3 Å². The maximum Gasteiger partial charge on any atom is 0.188 e. The monoisotopic (exact) mass is 287 g/mol. The molecular formula is C12H15Cl2N3O.